The molecular formula is C14H19F3N2O. The third-order valence-corrected chi connectivity index (χ3v) is 3.61. The topological polar surface area (TPSA) is 47.3 Å². The van der Waals surface area contributed by atoms with E-state index in [4.69, 9.17) is 10.6 Å². The van der Waals surface area contributed by atoms with E-state index in [2.05, 4.69) is 5.43 Å². The van der Waals surface area contributed by atoms with Gasteiger partial charge < -0.3 is 4.74 Å². The van der Waals surface area contributed by atoms with Gasteiger partial charge in [0.15, 0.2) is 0 Å². The Morgan fingerprint density at radius 2 is 2.20 bits per heavy atom. The Kier molecular flexibility index (Phi) is 5.01. The number of rotatable bonds is 5. The minimum atomic E-state index is -4.30. The van der Waals surface area contributed by atoms with Gasteiger partial charge in [-0.25, -0.2) is 0 Å². The quantitative estimate of drug-likeness (QED) is 0.646. The summed E-state index contributed by atoms with van der Waals surface area (Å²) >= 11 is 0. The molecule has 1 fully saturated rings. The fourth-order valence-electron chi connectivity index (χ4n) is 2.54. The van der Waals surface area contributed by atoms with E-state index in [-0.39, 0.29) is 6.04 Å². The number of benzene rings is 1. The van der Waals surface area contributed by atoms with Gasteiger partial charge in [-0.15, -0.1) is 0 Å². The van der Waals surface area contributed by atoms with Gasteiger partial charge in [0.25, 0.3) is 0 Å². The van der Waals surface area contributed by atoms with Crippen LogP contribution in [0.3, 0.4) is 0 Å². The minimum Gasteiger partial charge on any atom is -0.381 e. The molecule has 3 nitrogen and oxygen atoms in total. The highest BCUT2D eigenvalue weighted by atomic mass is 19.4. The standard InChI is InChI=1S/C14H19F3N2O/c15-14(16,17)12-3-1-2-10(6-12)7-13(19-18)8-11-4-5-20-9-11/h1-3,6,11,13,19H,4-5,7-9,18H2. The van der Waals surface area contributed by atoms with E-state index in [1.807, 2.05) is 0 Å². The Balaban J connectivity index is 1.99. The average molecular weight is 288 g/mol. The monoisotopic (exact) mass is 288 g/mol. The van der Waals surface area contributed by atoms with Crippen LogP contribution < -0.4 is 11.3 Å². The molecule has 112 valence electrons. The highest BCUT2D eigenvalue weighted by molar-refractivity contribution is 5.26. The number of hydrogen-bond acceptors (Lipinski definition) is 3. The Morgan fingerprint density at radius 3 is 2.80 bits per heavy atom. The molecule has 1 heterocycles. The van der Waals surface area contributed by atoms with E-state index >= 15 is 0 Å². The molecule has 0 amide bonds. The predicted octanol–water partition coefficient (Wildman–Crippen LogP) is 2.51. The second-order valence-electron chi connectivity index (χ2n) is 5.23. The molecule has 2 rings (SSSR count). The SMILES string of the molecule is NNC(Cc1cccc(C(F)(F)F)c1)CC1CCOC1. The minimum absolute atomic E-state index is 0.0369. The van der Waals surface area contributed by atoms with E-state index in [1.54, 1.807) is 6.07 Å². The Morgan fingerprint density at radius 1 is 1.40 bits per heavy atom. The van der Waals surface area contributed by atoms with Crippen molar-refractivity contribution in [2.24, 2.45) is 11.8 Å². The number of alkyl halides is 3. The largest absolute Gasteiger partial charge is 0.416 e. The third kappa shape index (κ3) is 4.19. The zero-order chi connectivity index (χ0) is 14.6. The van der Waals surface area contributed by atoms with Gasteiger partial charge in [-0.3, -0.25) is 11.3 Å². The lowest BCUT2D eigenvalue weighted by Crippen LogP contribution is -2.38. The maximum absolute atomic E-state index is 12.7. The van der Waals surface area contributed by atoms with Crippen LogP contribution in [0.1, 0.15) is 24.0 Å². The van der Waals surface area contributed by atoms with Crippen molar-refractivity contribution in [3.05, 3.63) is 35.4 Å². The highest BCUT2D eigenvalue weighted by Crippen LogP contribution is 2.30. The van der Waals surface area contributed by atoms with Crippen LogP contribution in [-0.4, -0.2) is 19.3 Å². The van der Waals surface area contributed by atoms with Crippen molar-refractivity contribution in [3.8, 4) is 0 Å². The number of nitrogens with two attached hydrogens (primary N) is 1. The van der Waals surface area contributed by atoms with Crippen LogP contribution in [0, 0.1) is 5.92 Å². The Bertz CT molecular complexity index is 431. The van der Waals surface area contributed by atoms with Crippen molar-refractivity contribution >= 4 is 0 Å². The van der Waals surface area contributed by atoms with Crippen molar-refractivity contribution in [1.29, 1.82) is 0 Å². The van der Waals surface area contributed by atoms with Gasteiger partial charge in [0.1, 0.15) is 0 Å². The zero-order valence-electron chi connectivity index (χ0n) is 11.1. The number of hydrazine groups is 1. The summed E-state index contributed by atoms with van der Waals surface area (Å²) in [4.78, 5) is 0. The molecule has 0 aromatic heterocycles. The summed E-state index contributed by atoms with van der Waals surface area (Å²) in [6.45, 7) is 1.46. The van der Waals surface area contributed by atoms with Crippen molar-refractivity contribution < 1.29 is 17.9 Å². The van der Waals surface area contributed by atoms with Gasteiger partial charge in [0.05, 0.1) is 5.56 Å². The molecule has 2 atom stereocenters. The van der Waals surface area contributed by atoms with Gasteiger partial charge in [0.2, 0.25) is 0 Å². The maximum Gasteiger partial charge on any atom is 0.416 e. The molecule has 1 aromatic carbocycles. The summed E-state index contributed by atoms with van der Waals surface area (Å²) in [5.41, 5.74) is 2.72. The van der Waals surface area contributed by atoms with Crippen molar-refractivity contribution in [3.63, 3.8) is 0 Å². The van der Waals surface area contributed by atoms with E-state index in [0.717, 1.165) is 25.5 Å². The fourth-order valence-corrected chi connectivity index (χ4v) is 2.54. The normalized spacial score (nSPS) is 21.1. The molecule has 0 bridgehead atoms. The molecule has 6 heteroatoms. The molecule has 1 aliphatic heterocycles. The Hall–Kier alpha value is -1.11. The van der Waals surface area contributed by atoms with Crippen LogP contribution in [0.2, 0.25) is 0 Å². The molecule has 0 aliphatic carbocycles. The van der Waals surface area contributed by atoms with Crippen molar-refractivity contribution in [1.82, 2.24) is 5.43 Å². The second kappa shape index (κ2) is 6.56. The van der Waals surface area contributed by atoms with E-state index in [9.17, 15) is 13.2 Å². The third-order valence-electron chi connectivity index (χ3n) is 3.61. The molecule has 1 aliphatic rings. The summed E-state index contributed by atoms with van der Waals surface area (Å²) in [5, 5.41) is 0. The first kappa shape index (κ1) is 15.3. The molecular weight excluding hydrogens is 269 g/mol. The summed E-state index contributed by atoms with van der Waals surface area (Å²) < 4.78 is 43.3. The van der Waals surface area contributed by atoms with Crippen molar-refractivity contribution in [2.45, 2.75) is 31.5 Å². The molecule has 0 saturated carbocycles. The molecule has 2 unspecified atom stereocenters. The number of halogens is 3. The zero-order valence-corrected chi connectivity index (χ0v) is 11.1. The van der Waals surface area contributed by atoms with Gasteiger partial charge in [-0.1, -0.05) is 18.2 Å². The van der Waals surface area contributed by atoms with E-state index in [1.165, 1.54) is 12.1 Å². The van der Waals surface area contributed by atoms with Gasteiger partial charge in [-0.05, 0) is 36.8 Å². The van der Waals surface area contributed by atoms with Crippen LogP contribution in [0.4, 0.5) is 13.2 Å². The lowest BCUT2D eigenvalue weighted by Gasteiger charge is -2.19. The first-order chi connectivity index (χ1) is 9.49. The van der Waals surface area contributed by atoms with Crippen LogP contribution in [0.25, 0.3) is 0 Å². The van der Waals surface area contributed by atoms with Crippen LogP contribution in [-0.2, 0) is 17.3 Å². The lowest BCUT2D eigenvalue weighted by molar-refractivity contribution is -0.137. The summed E-state index contributed by atoms with van der Waals surface area (Å²) in [6, 6.07) is 5.37. The molecule has 0 spiro atoms. The average Bonchev–Trinajstić information content (AvgIpc) is 2.90. The number of ether oxygens (including phenoxy) is 1. The second-order valence-corrected chi connectivity index (χ2v) is 5.23. The molecule has 20 heavy (non-hydrogen) atoms. The molecule has 0 radical (unpaired) electrons. The maximum atomic E-state index is 12.7. The van der Waals surface area contributed by atoms with Gasteiger partial charge >= 0.3 is 6.18 Å². The van der Waals surface area contributed by atoms with Crippen LogP contribution in [0.15, 0.2) is 24.3 Å². The summed E-state index contributed by atoms with van der Waals surface area (Å²) in [6.07, 6.45) is -2.02. The van der Waals surface area contributed by atoms with Gasteiger partial charge in [0, 0.05) is 19.3 Å². The first-order valence-electron chi connectivity index (χ1n) is 6.69. The van der Waals surface area contributed by atoms with E-state index in [0.29, 0.717) is 24.5 Å². The molecule has 1 aromatic rings. The lowest BCUT2D eigenvalue weighted by atomic mass is 9.94. The number of hydrogen-bond donors (Lipinski definition) is 2. The highest BCUT2D eigenvalue weighted by Gasteiger charge is 2.30. The number of nitrogens with one attached hydrogen (secondary N) is 1. The van der Waals surface area contributed by atoms with E-state index < -0.39 is 11.7 Å². The first-order valence-corrected chi connectivity index (χ1v) is 6.69. The summed E-state index contributed by atoms with van der Waals surface area (Å²) in [7, 11) is 0. The van der Waals surface area contributed by atoms with Crippen LogP contribution in [0.5, 0.6) is 0 Å². The molecule has 3 N–H and O–H groups in total. The predicted molar refractivity (Wildman–Crippen MR) is 69.8 cm³/mol. The smallest absolute Gasteiger partial charge is 0.381 e. The summed E-state index contributed by atoms with van der Waals surface area (Å²) in [5.74, 6) is 5.94. The fraction of sp³-hybridized carbons (Fsp3) is 0.571. The Labute approximate surface area is 116 Å². The van der Waals surface area contributed by atoms with Crippen molar-refractivity contribution in [2.75, 3.05) is 13.2 Å². The van der Waals surface area contributed by atoms with Gasteiger partial charge in [-0.2, -0.15) is 13.2 Å². The van der Waals surface area contributed by atoms with Crippen LogP contribution >= 0.6 is 0 Å². The molecule has 1 saturated heterocycles.